The summed E-state index contributed by atoms with van der Waals surface area (Å²) in [5.41, 5.74) is 3.16. The SMILES string of the molecule is CCCCOc1ccc(N(C)CCC2(O)CCN(Cc3ccc(N(C)C)cc3)CC2)cc1. The van der Waals surface area contributed by atoms with Crippen LogP contribution in [0.5, 0.6) is 5.75 Å². The zero-order valence-corrected chi connectivity index (χ0v) is 20.4. The molecule has 0 bridgehead atoms. The van der Waals surface area contributed by atoms with Gasteiger partial charge in [0.25, 0.3) is 0 Å². The van der Waals surface area contributed by atoms with Crippen LogP contribution >= 0.6 is 0 Å². The lowest BCUT2D eigenvalue weighted by Gasteiger charge is -2.39. The van der Waals surface area contributed by atoms with Gasteiger partial charge in [0.05, 0.1) is 12.2 Å². The number of benzene rings is 2. The first-order chi connectivity index (χ1) is 15.4. The number of hydrogen-bond donors (Lipinski definition) is 1. The van der Waals surface area contributed by atoms with Crippen LogP contribution in [0.2, 0.25) is 0 Å². The minimum Gasteiger partial charge on any atom is -0.494 e. The van der Waals surface area contributed by atoms with Gasteiger partial charge in [-0.2, -0.15) is 0 Å². The molecule has 0 atom stereocenters. The molecule has 0 saturated carbocycles. The second-order valence-corrected chi connectivity index (χ2v) is 9.43. The van der Waals surface area contributed by atoms with Gasteiger partial charge in [-0.3, -0.25) is 4.90 Å². The summed E-state index contributed by atoms with van der Waals surface area (Å²) in [5, 5.41) is 11.1. The Morgan fingerprint density at radius 3 is 2.16 bits per heavy atom. The van der Waals surface area contributed by atoms with E-state index in [-0.39, 0.29) is 0 Å². The molecule has 1 saturated heterocycles. The highest BCUT2D eigenvalue weighted by molar-refractivity contribution is 5.48. The molecule has 0 unspecified atom stereocenters. The topological polar surface area (TPSA) is 39.2 Å². The molecule has 2 aromatic carbocycles. The molecule has 32 heavy (non-hydrogen) atoms. The van der Waals surface area contributed by atoms with Gasteiger partial charge in [0, 0.05) is 58.7 Å². The van der Waals surface area contributed by atoms with E-state index >= 15 is 0 Å². The van der Waals surface area contributed by atoms with Gasteiger partial charge in [-0.1, -0.05) is 25.5 Å². The Morgan fingerprint density at radius 2 is 1.56 bits per heavy atom. The highest BCUT2D eigenvalue weighted by Crippen LogP contribution is 2.28. The Labute approximate surface area is 194 Å². The molecule has 1 heterocycles. The average Bonchev–Trinajstić information content (AvgIpc) is 2.80. The summed E-state index contributed by atoms with van der Waals surface area (Å²) >= 11 is 0. The Balaban J connectivity index is 1.42. The molecule has 1 aliphatic rings. The number of unbranched alkanes of at least 4 members (excludes halogenated alkanes) is 1. The summed E-state index contributed by atoms with van der Waals surface area (Å²) < 4.78 is 5.76. The van der Waals surface area contributed by atoms with E-state index in [1.807, 2.05) is 12.1 Å². The number of hydrogen-bond acceptors (Lipinski definition) is 5. The summed E-state index contributed by atoms with van der Waals surface area (Å²) in [5.74, 6) is 0.929. The fourth-order valence-electron chi connectivity index (χ4n) is 4.17. The van der Waals surface area contributed by atoms with Crippen molar-refractivity contribution >= 4 is 11.4 Å². The van der Waals surface area contributed by atoms with Gasteiger partial charge in [-0.15, -0.1) is 0 Å². The number of nitrogens with zero attached hydrogens (tertiary/aromatic N) is 3. The van der Waals surface area contributed by atoms with Crippen LogP contribution in [0.15, 0.2) is 48.5 Å². The standard InChI is InChI=1S/C27H41N3O2/c1-5-6-21-32-26-13-11-25(12-14-26)29(4)18-15-27(31)16-19-30(20-17-27)22-23-7-9-24(10-8-23)28(2)3/h7-14,31H,5-6,15-22H2,1-4H3. The van der Waals surface area contributed by atoms with Crippen molar-refractivity contribution in [2.45, 2.75) is 51.2 Å². The molecule has 176 valence electrons. The van der Waals surface area contributed by atoms with E-state index in [0.29, 0.717) is 0 Å². The maximum Gasteiger partial charge on any atom is 0.119 e. The van der Waals surface area contributed by atoms with Crippen LogP contribution in [0.1, 0.15) is 44.6 Å². The largest absolute Gasteiger partial charge is 0.494 e. The van der Waals surface area contributed by atoms with Crippen molar-refractivity contribution in [3.05, 3.63) is 54.1 Å². The van der Waals surface area contributed by atoms with Gasteiger partial charge in [-0.25, -0.2) is 0 Å². The minimum atomic E-state index is -0.567. The van der Waals surface area contributed by atoms with Gasteiger partial charge in [0.15, 0.2) is 0 Å². The lowest BCUT2D eigenvalue weighted by atomic mass is 9.88. The van der Waals surface area contributed by atoms with E-state index in [1.54, 1.807) is 0 Å². The molecule has 1 aliphatic heterocycles. The molecule has 0 radical (unpaired) electrons. The molecule has 5 heteroatoms. The van der Waals surface area contributed by atoms with E-state index in [0.717, 1.165) is 76.3 Å². The van der Waals surface area contributed by atoms with Crippen LogP contribution in [0.4, 0.5) is 11.4 Å². The number of ether oxygens (including phenoxy) is 1. The Bertz CT molecular complexity index is 797. The van der Waals surface area contributed by atoms with Gasteiger partial charge in [0.2, 0.25) is 0 Å². The third kappa shape index (κ3) is 7.14. The van der Waals surface area contributed by atoms with Crippen LogP contribution in [0.3, 0.4) is 0 Å². The summed E-state index contributed by atoms with van der Waals surface area (Å²) in [4.78, 5) is 6.81. The number of anilines is 2. The van der Waals surface area contributed by atoms with Crippen LogP contribution in [-0.4, -0.2) is 63.0 Å². The Morgan fingerprint density at radius 1 is 0.938 bits per heavy atom. The molecule has 0 aromatic heterocycles. The minimum absolute atomic E-state index is 0.567. The quantitative estimate of drug-likeness (QED) is 0.510. The fourth-order valence-corrected chi connectivity index (χ4v) is 4.17. The number of aliphatic hydroxyl groups is 1. The van der Waals surface area contributed by atoms with Crippen molar-refractivity contribution < 1.29 is 9.84 Å². The number of piperidine rings is 1. The van der Waals surface area contributed by atoms with Gasteiger partial charge in [-0.05, 0) is 67.6 Å². The molecule has 5 nitrogen and oxygen atoms in total. The summed E-state index contributed by atoms with van der Waals surface area (Å²) in [7, 11) is 6.23. The van der Waals surface area contributed by atoms with Crippen molar-refractivity contribution in [2.75, 3.05) is 57.2 Å². The van der Waals surface area contributed by atoms with E-state index in [2.05, 4.69) is 79.2 Å². The summed E-state index contributed by atoms with van der Waals surface area (Å²) in [6.07, 6.45) is 4.69. The number of likely N-dealkylation sites (tertiary alicyclic amines) is 1. The lowest BCUT2D eigenvalue weighted by molar-refractivity contribution is -0.0275. The smallest absolute Gasteiger partial charge is 0.119 e. The average molecular weight is 440 g/mol. The van der Waals surface area contributed by atoms with E-state index in [4.69, 9.17) is 4.74 Å². The second kappa shape index (κ2) is 11.6. The van der Waals surface area contributed by atoms with Crippen molar-refractivity contribution in [1.29, 1.82) is 0 Å². The van der Waals surface area contributed by atoms with Crippen molar-refractivity contribution in [3.63, 3.8) is 0 Å². The Kier molecular flexibility index (Phi) is 8.83. The predicted octanol–water partition coefficient (Wildman–Crippen LogP) is 4.78. The van der Waals surface area contributed by atoms with E-state index in [1.165, 1.54) is 11.3 Å². The van der Waals surface area contributed by atoms with Gasteiger partial charge < -0.3 is 19.6 Å². The highest BCUT2D eigenvalue weighted by Gasteiger charge is 2.32. The van der Waals surface area contributed by atoms with Crippen LogP contribution in [-0.2, 0) is 6.54 Å². The summed E-state index contributed by atoms with van der Waals surface area (Å²) in [6, 6.07) is 17.1. The summed E-state index contributed by atoms with van der Waals surface area (Å²) in [6.45, 7) is 6.63. The lowest BCUT2D eigenvalue weighted by Crippen LogP contribution is -2.45. The van der Waals surface area contributed by atoms with Crippen molar-refractivity contribution in [2.24, 2.45) is 0 Å². The van der Waals surface area contributed by atoms with E-state index < -0.39 is 5.60 Å². The first-order valence-electron chi connectivity index (χ1n) is 12.0. The van der Waals surface area contributed by atoms with Crippen LogP contribution in [0.25, 0.3) is 0 Å². The molecule has 0 spiro atoms. The second-order valence-electron chi connectivity index (χ2n) is 9.43. The first kappa shape index (κ1) is 24.4. The highest BCUT2D eigenvalue weighted by atomic mass is 16.5. The van der Waals surface area contributed by atoms with Crippen LogP contribution < -0.4 is 14.5 Å². The monoisotopic (exact) mass is 439 g/mol. The maximum absolute atomic E-state index is 11.1. The Hall–Kier alpha value is -2.24. The molecule has 1 fully saturated rings. The third-order valence-corrected chi connectivity index (χ3v) is 6.60. The predicted molar refractivity (Wildman–Crippen MR) is 135 cm³/mol. The molecule has 2 aromatic rings. The van der Waals surface area contributed by atoms with Gasteiger partial charge >= 0.3 is 0 Å². The molecule has 3 rings (SSSR count). The molecular weight excluding hydrogens is 398 g/mol. The molecule has 0 amide bonds. The molecule has 0 aliphatic carbocycles. The maximum atomic E-state index is 11.1. The number of rotatable bonds is 11. The fraction of sp³-hybridized carbons (Fsp3) is 0.556. The van der Waals surface area contributed by atoms with E-state index in [9.17, 15) is 5.11 Å². The third-order valence-electron chi connectivity index (χ3n) is 6.60. The zero-order valence-electron chi connectivity index (χ0n) is 20.4. The van der Waals surface area contributed by atoms with Gasteiger partial charge in [0.1, 0.15) is 5.75 Å². The normalized spacial score (nSPS) is 16.0. The zero-order chi connectivity index (χ0) is 23.0. The van der Waals surface area contributed by atoms with Crippen molar-refractivity contribution in [3.8, 4) is 5.75 Å². The molecular formula is C27H41N3O2. The van der Waals surface area contributed by atoms with Crippen LogP contribution in [0, 0.1) is 0 Å². The first-order valence-corrected chi connectivity index (χ1v) is 12.0. The molecule has 1 N–H and O–H groups in total. The van der Waals surface area contributed by atoms with Crippen molar-refractivity contribution in [1.82, 2.24) is 4.90 Å².